The average molecular weight is 216 g/mol. The van der Waals surface area contributed by atoms with Gasteiger partial charge in [-0.3, -0.25) is 0 Å². The van der Waals surface area contributed by atoms with Crippen LogP contribution in [0, 0.1) is 6.92 Å². The molecule has 0 aliphatic carbocycles. The minimum absolute atomic E-state index is 0. The molecule has 0 aromatic carbocycles. The van der Waals surface area contributed by atoms with Gasteiger partial charge in [0.2, 0.25) is 0 Å². The van der Waals surface area contributed by atoms with E-state index >= 15 is 0 Å². The monoisotopic (exact) mass is 216 g/mol. The van der Waals surface area contributed by atoms with Crippen LogP contribution in [0.15, 0.2) is 0 Å². The van der Waals surface area contributed by atoms with E-state index in [0.29, 0.717) is 0 Å². The summed E-state index contributed by atoms with van der Waals surface area (Å²) in [6.45, 7) is 4.64. The first-order valence-corrected chi connectivity index (χ1v) is 3.20. The van der Waals surface area contributed by atoms with Crippen molar-refractivity contribution in [1.29, 1.82) is 0 Å². The SMILES string of the molecule is CO.CO.CO.[CH2-]CCNC.[Ti]. The third-order valence-corrected chi connectivity index (χ3v) is 0.427. The number of hydrogen-bond donors (Lipinski definition) is 4. The van der Waals surface area contributed by atoms with Gasteiger partial charge in [-0.25, -0.2) is 0 Å². The zero-order valence-electron chi connectivity index (χ0n) is 8.46. The van der Waals surface area contributed by atoms with Gasteiger partial charge in [0.25, 0.3) is 0 Å². The Morgan fingerprint density at radius 1 is 1.00 bits per heavy atom. The third kappa shape index (κ3) is 148. The van der Waals surface area contributed by atoms with E-state index in [2.05, 4.69) is 12.2 Å². The maximum atomic E-state index is 7.00. The fourth-order valence-electron chi connectivity index (χ4n) is 0.177. The van der Waals surface area contributed by atoms with E-state index < -0.39 is 0 Å². The molecule has 0 atom stereocenters. The van der Waals surface area contributed by atoms with Crippen molar-refractivity contribution in [2.24, 2.45) is 0 Å². The van der Waals surface area contributed by atoms with E-state index in [1.807, 2.05) is 7.05 Å². The van der Waals surface area contributed by atoms with E-state index in [9.17, 15) is 0 Å². The smallest absolute Gasteiger partial charge is 0.0319 e. The summed E-state index contributed by atoms with van der Waals surface area (Å²) in [6.07, 6.45) is 0.983. The second-order valence-corrected chi connectivity index (χ2v) is 0.957. The molecule has 0 aliphatic rings. The number of nitrogens with one attached hydrogen (secondary N) is 1. The Morgan fingerprint density at radius 3 is 1.25 bits per heavy atom. The van der Waals surface area contributed by atoms with Gasteiger partial charge in [-0.2, -0.15) is 6.42 Å². The zero-order chi connectivity index (χ0) is 10.1. The Hall–Kier alpha value is 0.554. The number of aliphatic hydroxyl groups excluding tert-OH is 3. The summed E-state index contributed by atoms with van der Waals surface area (Å²) in [5.41, 5.74) is 0. The van der Waals surface area contributed by atoms with Gasteiger partial charge in [-0.05, 0) is 13.6 Å². The van der Waals surface area contributed by atoms with Gasteiger partial charge in [-0.1, -0.05) is 0 Å². The van der Waals surface area contributed by atoms with Crippen LogP contribution in [0.2, 0.25) is 0 Å². The standard InChI is InChI=1S/C4H10N.3CH4O.Ti/c1-3-4-5-2;3*1-2;/h5H,1,3-4H2,2H3;3*2H,1H3;/q-1;;;;. The van der Waals surface area contributed by atoms with Crippen molar-refractivity contribution in [3.63, 3.8) is 0 Å². The van der Waals surface area contributed by atoms with Crippen molar-refractivity contribution in [2.75, 3.05) is 34.9 Å². The Kier molecular flexibility index (Phi) is 249. The molecule has 0 rings (SSSR count). The van der Waals surface area contributed by atoms with Crippen molar-refractivity contribution in [3.05, 3.63) is 6.92 Å². The fourth-order valence-corrected chi connectivity index (χ4v) is 0.177. The summed E-state index contributed by atoms with van der Waals surface area (Å²) in [6, 6.07) is 0. The van der Waals surface area contributed by atoms with Crippen molar-refractivity contribution in [3.8, 4) is 0 Å². The zero-order valence-corrected chi connectivity index (χ0v) is 10.0. The molecule has 0 heterocycles. The van der Waals surface area contributed by atoms with Crippen molar-refractivity contribution in [1.82, 2.24) is 5.32 Å². The minimum atomic E-state index is 0. The van der Waals surface area contributed by atoms with Gasteiger partial charge in [0.05, 0.1) is 0 Å². The Labute approximate surface area is 90.9 Å². The van der Waals surface area contributed by atoms with Crippen LogP contribution in [0.4, 0.5) is 0 Å². The number of rotatable bonds is 2. The Bertz CT molecular complexity index is 26.1. The van der Waals surface area contributed by atoms with Crippen LogP contribution in [0.25, 0.3) is 0 Å². The van der Waals surface area contributed by atoms with Gasteiger partial charge >= 0.3 is 0 Å². The summed E-state index contributed by atoms with van der Waals surface area (Å²) in [7, 11) is 4.92. The van der Waals surface area contributed by atoms with Crippen molar-refractivity contribution < 1.29 is 37.0 Å². The van der Waals surface area contributed by atoms with Gasteiger partial charge < -0.3 is 27.6 Å². The van der Waals surface area contributed by atoms with E-state index in [1.54, 1.807) is 0 Å². The average Bonchev–Trinajstić information content (AvgIpc) is 2.16. The Balaban J connectivity index is -0.0000000203. The Morgan fingerprint density at radius 2 is 1.25 bits per heavy atom. The van der Waals surface area contributed by atoms with Crippen LogP contribution in [-0.2, 0) is 21.7 Å². The summed E-state index contributed by atoms with van der Waals surface area (Å²) >= 11 is 0. The molecule has 0 aromatic heterocycles. The molecule has 4 N–H and O–H groups in total. The minimum Gasteiger partial charge on any atom is -0.400 e. The van der Waals surface area contributed by atoms with Crippen molar-refractivity contribution in [2.45, 2.75) is 6.42 Å². The molecule has 5 heteroatoms. The molecule has 0 bridgehead atoms. The third-order valence-electron chi connectivity index (χ3n) is 0.427. The molecule has 78 valence electrons. The second-order valence-electron chi connectivity index (χ2n) is 0.957. The summed E-state index contributed by atoms with van der Waals surface area (Å²) < 4.78 is 0. The first-order chi connectivity index (χ1) is 5.41. The normalized spacial score (nSPS) is 5.00. The van der Waals surface area contributed by atoms with Crippen LogP contribution in [-0.4, -0.2) is 50.2 Å². The second kappa shape index (κ2) is 102. The van der Waals surface area contributed by atoms with Crippen LogP contribution in [0.5, 0.6) is 0 Å². The molecule has 0 aromatic rings. The molecule has 0 unspecified atom stereocenters. The molecule has 12 heavy (non-hydrogen) atoms. The first kappa shape index (κ1) is 29.4. The quantitative estimate of drug-likeness (QED) is 0.362. The van der Waals surface area contributed by atoms with Crippen molar-refractivity contribution >= 4 is 0 Å². The molecule has 0 saturated carbocycles. The summed E-state index contributed by atoms with van der Waals surface area (Å²) in [5, 5.41) is 24.0. The summed E-state index contributed by atoms with van der Waals surface area (Å²) in [5.74, 6) is 0. The molecule has 0 fully saturated rings. The van der Waals surface area contributed by atoms with Gasteiger partial charge in [-0.15, -0.1) is 0 Å². The molecular formula is C7H22NO3Ti-. The van der Waals surface area contributed by atoms with Gasteiger partial charge in [0, 0.05) is 43.0 Å². The maximum Gasteiger partial charge on any atom is 0.0319 e. The predicted octanol–water partition coefficient (Wildman–Crippen LogP) is -0.747. The molecular weight excluding hydrogens is 194 g/mol. The molecule has 0 radical (unpaired) electrons. The van der Waals surface area contributed by atoms with Crippen LogP contribution >= 0.6 is 0 Å². The van der Waals surface area contributed by atoms with E-state index in [4.69, 9.17) is 15.3 Å². The van der Waals surface area contributed by atoms with Crippen LogP contribution in [0.3, 0.4) is 0 Å². The van der Waals surface area contributed by atoms with Crippen LogP contribution in [0.1, 0.15) is 6.42 Å². The van der Waals surface area contributed by atoms with E-state index in [-0.39, 0.29) is 21.7 Å². The van der Waals surface area contributed by atoms with E-state index in [1.165, 1.54) is 0 Å². The van der Waals surface area contributed by atoms with Gasteiger partial charge in [0.15, 0.2) is 0 Å². The maximum absolute atomic E-state index is 7.00. The largest absolute Gasteiger partial charge is 0.400 e. The number of aliphatic hydroxyl groups is 3. The molecule has 0 aliphatic heterocycles. The molecule has 0 saturated heterocycles. The first-order valence-electron chi connectivity index (χ1n) is 3.20. The fraction of sp³-hybridized carbons (Fsp3) is 0.857. The molecule has 0 spiro atoms. The molecule has 4 nitrogen and oxygen atoms in total. The molecule has 0 amide bonds. The number of hydrogen-bond acceptors (Lipinski definition) is 4. The van der Waals surface area contributed by atoms with Gasteiger partial charge in [0.1, 0.15) is 0 Å². The van der Waals surface area contributed by atoms with E-state index in [0.717, 1.165) is 34.3 Å². The topological polar surface area (TPSA) is 72.7 Å². The predicted molar refractivity (Wildman–Crippen MR) is 48.3 cm³/mol. The summed E-state index contributed by atoms with van der Waals surface area (Å²) in [4.78, 5) is 0. The van der Waals surface area contributed by atoms with Crippen LogP contribution < -0.4 is 5.32 Å².